The Morgan fingerprint density at radius 2 is 1.62 bits per heavy atom. The van der Waals surface area contributed by atoms with Crippen molar-refractivity contribution in [3.05, 3.63) is 36.0 Å². The molecular formula is C27H43NO9. The number of amides is 1. The fourth-order valence-electron chi connectivity index (χ4n) is 4.03. The maximum atomic E-state index is 12.6. The molecule has 0 aromatic rings. The molecule has 0 aliphatic heterocycles. The van der Waals surface area contributed by atoms with Gasteiger partial charge in [-0.15, -0.1) is 0 Å². The number of carbonyl (C=O) groups is 4. The van der Waals surface area contributed by atoms with E-state index in [-0.39, 0.29) is 25.0 Å². The second-order valence-electron chi connectivity index (χ2n) is 9.43. The van der Waals surface area contributed by atoms with Crippen LogP contribution in [0.2, 0.25) is 0 Å². The van der Waals surface area contributed by atoms with Crippen LogP contribution >= 0.6 is 0 Å². The molecule has 0 fully saturated rings. The molecule has 0 saturated carbocycles. The minimum absolute atomic E-state index is 0.0408. The lowest BCUT2D eigenvalue weighted by Crippen LogP contribution is -2.39. The first-order chi connectivity index (χ1) is 17.3. The number of aliphatic hydroxyl groups is 2. The number of hydrogen-bond donors (Lipinski definition) is 5. The van der Waals surface area contributed by atoms with Crippen LogP contribution in [0.4, 0.5) is 0 Å². The van der Waals surface area contributed by atoms with E-state index in [4.69, 9.17) is 20.7 Å². The first-order valence-electron chi connectivity index (χ1n) is 12.5. The largest absolute Gasteiger partial charge is 0.481 e. The molecule has 0 aromatic heterocycles. The van der Waals surface area contributed by atoms with Gasteiger partial charge in [0.1, 0.15) is 11.9 Å². The summed E-state index contributed by atoms with van der Waals surface area (Å²) in [6.07, 6.45) is 6.83. The Labute approximate surface area is 218 Å². The average molecular weight is 526 g/mol. The summed E-state index contributed by atoms with van der Waals surface area (Å²) < 4.78 is 5.34. The van der Waals surface area contributed by atoms with Crippen molar-refractivity contribution >= 4 is 23.6 Å². The van der Waals surface area contributed by atoms with E-state index in [1.165, 1.54) is 13.2 Å². The summed E-state index contributed by atoms with van der Waals surface area (Å²) in [6, 6.07) is 0. The smallest absolute Gasteiger partial charge is 0.327 e. The van der Waals surface area contributed by atoms with Crippen LogP contribution in [-0.2, 0) is 23.9 Å². The Hall–Kier alpha value is -2.82. The Bertz CT molecular complexity index is 818. The van der Waals surface area contributed by atoms with E-state index in [0.717, 1.165) is 6.08 Å². The lowest BCUT2D eigenvalue weighted by atomic mass is 9.87. The number of allylic oxidation sites excluding steroid dienone is 3. The molecule has 37 heavy (non-hydrogen) atoms. The van der Waals surface area contributed by atoms with Crippen LogP contribution < -0.4 is 5.73 Å². The maximum Gasteiger partial charge on any atom is 0.327 e. The van der Waals surface area contributed by atoms with E-state index in [1.807, 2.05) is 0 Å². The number of aliphatic hydroxyl groups excluding tert-OH is 2. The maximum absolute atomic E-state index is 12.6. The van der Waals surface area contributed by atoms with E-state index in [9.17, 15) is 29.4 Å². The zero-order valence-corrected chi connectivity index (χ0v) is 22.2. The molecule has 0 aliphatic carbocycles. The minimum atomic E-state index is -1.03. The summed E-state index contributed by atoms with van der Waals surface area (Å²) in [6.45, 7) is 5.06. The number of carboxylic acids is 2. The van der Waals surface area contributed by atoms with Gasteiger partial charge in [-0.25, -0.2) is 4.79 Å². The molecule has 0 aliphatic rings. The fraction of sp³-hybridized carbons (Fsp3) is 0.630. The topological polar surface area (TPSA) is 184 Å². The highest BCUT2D eigenvalue weighted by atomic mass is 16.5. The molecule has 6 atom stereocenters. The van der Waals surface area contributed by atoms with Crippen molar-refractivity contribution in [3.63, 3.8) is 0 Å². The number of rotatable bonds is 20. The molecule has 0 bridgehead atoms. The predicted molar refractivity (Wildman–Crippen MR) is 138 cm³/mol. The van der Waals surface area contributed by atoms with Crippen molar-refractivity contribution in [2.75, 3.05) is 7.11 Å². The number of carboxylic acid groups (broad SMARTS) is 2. The van der Waals surface area contributed by atoms with Crippen LogP contribution in [0.3, 0.4) is 0 Å². The first-order valence-corrected chi connectivity index (χ1v) is 12.5. The lowest BCUT2D eigenvalue weighted by Gasteiger charge is -2.29. The Kier molecular flexibility index (Phi) is 17.0. The van der Waals surface area contributed by atoms with Crippen LogP contribution in [0, 0.1) is 17.8 Å². The van der Waals surface area contributed by atoms with Crippen LogP contribution in [0.15, 0.2) is 36.0 Å². The number of primary amides is 1. The summed E-state index contributed by atoms with van der Waals surface area (Å²) in [5.41, 5.74) is 5.71. The van der Waals surface area contributed by atoms with Crippen molar-refractivity contribution in [1.29, 1.82) is 0 Å². The van der Waals surface area contributed by atoms with Crippen LogP contribution in [0.5, 0.6) is 0 Å². The molecular weight excluding hydrogens is 482 g/mol. The third kappa shape index (κ3) is 15.1. The summed E-state index contributed by atoms with van der Waals surface area (Å²) in [7, 11) is 1.44. The zero-order valence-electron chi connectivity index (χ0n) is 22.2. The van der Waals surface area contributed by atoms with Crippen molar-refractivity contribution in [1.82, 2.24) is 0 Å². The highest BCUT2D eigenvalue weighted by Crippen LogP contribution is 2.23. The molecule has 0 saturated heterocycles. The normalized spacial score (nSPS) is 17.3. The quantitative estimate of drug-likeness (QED) is 0.0905. The van der Waals surface area contributed by atoms with Crippen LogP contribution in [0.25, 0.3) is 0 Å². The van der Waals surface area contributed by atoms with Crippen molar-refractivity contribution in [3.8, 4) is 0 Å². The van der Waals surface area contributed by atoms with Crippen molar-refractivity contribution in [2.24, 2.45) is 23.5 Å². The number of nitrogens with two attached hydrogens (primary N) is 1. The van der Waals surface area contributed by atoms with E-state index < -0.39 is 53.9 Å². The number of unbranched alkanes of at least 4 members (excludes halogenated alkanes) is 1. The zero-order chi connectivity index (χ0) is 28.5. The number of carbonyl (C=O) groups excluding carboxylic acids is 2. The van der Waals surface area contributed by atoms with E-state index in [0.29, 0.717) is 31.3 Å². The SMILES string of the molecule is CO[C@H](/C=C/CC/C=C/C(=O)O)[C@@H](O)[C@H](C)[C@@H](O)/C(C)=C/[C@@H](C)C(=O)CCC[C@@H](CC(N)=O)CC(=O)O. The molecule has 0 rings (SSSR count). The predicted octanol–water partition coefficient (Wildman–Crippen LogP) is 2.62. The first kappa shape index (κ1) is 34.2. The average Bonchev–Trinajstić information content (AvgIpc) is 2.80. The number of methoxy groups -OCH3 is 1. The van der Waals surface area contributed by atoms with Gasteiger partial charge in [0.15, 0.2) is 0 Å². The second-order valence-corrected chi connectivity index (χ2v) is 9.43. The molecule has 10 heteroatoms. The van der Waals surface area contributed by atoms with Crippen molar-refractivity contribution < 1.29 is 44.3 Å². The van der Waals surface area contributed by atoms with Gasteiger partial charge in [-0.2, -0.15) is 0 Å². The monoisotopic (exact) mass is 525 g/mol. The van der Waals surface area contributed by atoms with Crippen molar-refractivity contribution in [2.45, 2.75) is 84.0 Å². The van der Waals surface area contributed by atoms with Gasteiger partial charge < -0.3 is 30.9 Å². The Morgan fingerprint density at radius 1 is 1.00 bits per heavy atom. The van der Waals surface area contributed by atoms with Gasteiger partial charge in [0.25, 0.3) is 0 Å². The van der Waals surface area contributed by atoms with Crippen LogP contribution in [-0.4, -0.2) is 69.5 Å². The highest BCUT2D eigenvalue weighted by molar-refractivity contribution is 5.82. The number of hydrogen-bond acceptors (Lipinski definition) is 7. The molecule has 0 heterocycles. The number of ether oxygens (including phenoxy) is 1. The molecule has 0 radical (unpaired) electrons. The van der Waals surface area contributed by atoms with Gasteiger partial charge in [0.2, 0.25) is 5.91 Å². The van der Waals surface area contributed by atoms with Gasteiger partial charge in [-0.05, 0) is 44.1 Å². The summed E-state index contributed by atoms with van der Waals surface area (Å²) in [5.74, 6) is -4.20. The van der Waals surface area contributed by atoms with Crippen LogP contribution in [0.1, 0.15) is 65.7 Å². The van der Waals surface area contributed by atoms with Gasteiger partial charge in [-0.3, -0.25) is 14.4 Å². The molecule has 0 spiro atoms. The fourth-order valence-corrected chi connectivity index (χ4v) is 4.03. The minimum Gasteiger partial charge on any atom is -0.481 e. The van der Waals surface area contributed by atoms with Gasteiger partial charge in [0.05, 0.1) is 12.2 Å². The highest BCUT2D eigenvalue weighted by Gasteiger charge is 2.29. The molecule has 210 valence electrons. The molecule has 0 unspecified atom stereocenters. The van der Waals surface area contributed by atoms with E-state index in [2.05, 4.69) is 0 Å². The van der Waals surface area contributed by atoms with Gasteiger partial charge in [-0.1, -0.05) is 38.2 Å². The number of aliphatic carboxylic acids is 2. The Balaban J connectivity index is 4.92. The summed E-state index contributed by atoms with van der Waals surface area (Å²) in [4.78, 5) is 45.1. The number of ketones is 1. The molecule has 1 amide bonds. The van der Waals surface area contributed by atoms with E-state index in [1.54, 1.807) is 39.0 Å². The standard InChI is InChI=1S/C27H43NO9/c1-17(21(29)11-9-10-20(15-23(28)30)16-25(33)34)14-18(2)26(35)19(3)27(36)22(37-4)12-7-5-6-8-13-24(31)32/h7-8,12-14,17,19-20,22,26-27,35-36H,5-6,9-11,15-16H2,1-4H3,(H2,28,30)(H,31,32)(H,33,34)/b12-7+,13-8+,18-14+/t17-,19-,20+,22-,26+,27+/m1/s1. The molecule has 10 nitrogen and oxygen atoms in total. The third-order valence-electron chi connectivity index (χ3n) is 6.21. The lowest BCUT2D eigenvalue weighted by molar-refractivity contribution is -0.138. The van der Waals surface area contributed by atoms with Gasteiger partial charge in [0, 0.05) is 44.3 Å². The molecule has 0 aromatic carbocycles. The second kappa shape index (κ2) is 18.4. The summed E-state index contributed by atoms with van der Waals surface area (Å²) >= 11 is 0. The number of Topliss-reactive ketones (excluding diaryl/α,β-unsaturated/α-hetero) is 1. The van der Waals surface area contributed by atoms with Gasteiger partial charge >= 0.3 is 11.9 Å². The Morgan fingerprint density at radius 3 is 2.16 bits per heavy atom. The third-order valence-corrected chi connectivity index (χ3v) is 6.21. The van der Waals surface area contributed by atoms with E-state index >= 15 is 0 Å². The molecule has 6 N–H and O–H groups in total. The summed E-state index contributed by atoms with van der Waals surface area (Å²) in [5, 5.41) is 39.0.